The minimum absolute atomic E-state index is 0.174. The molecule has 0 saturated heterocycles. The summed E-state index contributed by atoms with van der Waals surface area (Å²) in [6.45, 7) is 1.42. The van der Waals surface area contributed by atoms with E-state index in [0.717, 1.165) is 12.1 Å². The molecule has 0 saturated carbocycles. The number of nitrogens with zero attached hydrogens (tertiary/aromatic N) is 1. The highest BCUT2D eigenvalue weighted by Crippen LogP contribution is 2.31. The van der Waals surface area contributed by atoms with E-state index in [2.05, 4.69) is 4.90 Å². The van der Waals surface area contributed by atoms with Crippen molar-refractivity contribution in [3.63, 3.8) is 0 Å². The van der Waals surface area contributed by atoms with E-state index in [9.17, 15) is 4.39 Å². The van der Waals surface area contributed by atoms with Gasteiger partial charge in [-0.15, -0.1) is 0 Å². The SMILES string of the molecule is CN1Cc2ccc(F)cc2C1CN. The number of fused-ring (bicyclic) bond motifs is 1. The number of hydrogen-bond acceptors (Lipinski definition) is 2. The van der Waals surface area contributed by atoms with Crippen molar-refractivity contribution in [3.8, 4) is 0 Å². The molecule has 1 atom stereocenters. The zero-order valence-electron chi connectivity index (χ0n) is 7.63. The predicted octanol–water partition coefficient (Wildman–Crippen LogP) is 1.27. The average Bonchev–Trinajstić information content (AvgIpc) is 2.40. The molecule has 2 N–H and O–H groups in total. The summed E-state index contributed by atoms with van der Waals surface area (Å²) >= 11 is 0. The first kappa shape index (κ1) is 8.66. The average molecular weight is 180 g/mol. The molecule has 1 heterocycles. The highest BCUT2D eigenvalue weighted by atomic mass is 19.1. The molecule has 0 aliphatic carbocycles. The molecule has 0 radical (unpaired) electrons. The first-order valence-electron chi connectivity index (χ1n) is 4.41. The molecule has 1 aromatic rings. The van der Waals surface area contributed by atoms with Crippen LogP contribution in [0.3, 0.4) is 0 Å². The summed E-state index contributed by atoms with van der Waals surface area (Å²) < 4.78 is 12.9. The van der Waals surface area contributed by atoms with Gasteiger partial charge in [-0.1, -0.05) is 6.07 Å². The van der Waals surface area contributed by atoms with Gasteiger partial charge in [0.1, 0.15) is 5.82 Å². The molecule has 2 nitrogen and oxygen atoms in total. The molecule has 13 heavy (non-hydrogen) atoms. The number of likely N-dealkylation sites (N-methyl/N-ethyl adjacent to an activating group) is 1. The quantitative estimate of drug-likeness (QED) is 0.705. The van der Waals surface area contributed by atoms with E-state index in [4.69, 9.17) is 5.73 Å². The Morgan fingerprint density at radius 1 is 1.62 bits per heavy atom. The Labute approximate surface area is 77.2 Å². The first-order chi connectivity index (χ1) is 6.22. The Bertz CT molecular complexity index is 325. The third-order valence-electron chi connectivity index (χ3n) is 2.64. The molecule has 0 amide bonds. The molecular formula is C10H13FN2. The molecule has 1 aliphatic rings. The largest absolute Gasteiger partial charge is 0.329 e. The second-order valence-electron chi connectivity index (χ2n) is 3.51. The van der Waals surface area contributed by atoms with Crippen molar-refractivity contribution in [1.82, 2.24) is 4.90 Å². The zero-order valence-corrected chi connectivity index (χ0v) is 7.63. The predicted molar refractivity (Wildman–Crippen MR) is 49.7 cm³/mol. The Kier molecular flexibility index (Phi) is 2.06. The molecule has 1 aromatic carbocycles. The maximum absolute atomic E-state index is 12.9. The van der Waals surface area contributed by atoms with Crippen molar-refractivity contribution in [2.24, 2.45) is 5.73 Å². The van der Waals surface area contributed by atoms with Gasteiger partial charge in [-0.05, 0) is 30.3 Å². The van der Waals surface area contributed by atoms with E-state index in [0.29, 0.717) is 6.54 Å². The summed E-state index contributed by atoms with van der Waals surface area (Å²) in [6.07, 6.45) is 0. The van der Waals surface area contributed by atoms with E-state index in [1.54, 1.807) is 6.07 Å². The van der Waals surface area contributed by atoms with Crippen LogP contribution in [0.25, 0.3) is 0 Å². The lowest BCUT2D eigenvalue weighted by molar-refractivity contribution is 0.274. The van der Waals surface area contributed by atoms with Crippen LogP contribution in [-0.2, 0) is 6.54 Å². The number of halogens is 1. The molecule has 2 rings (SSSR count). The molecule has 1 aliphatic heterocycles. The van der Waals surface area contributed by atoms with Crippen LogP contribution in [0, 0.1) is 5.82 Å². The van der Waals surface area contributed by atoms with Crippen LogP contribution in [0.2, 0.25) is 0 Å². The van der Waals surface area contributed by atoms with Gasteiger partial charge in [0.2, 0.25) is 0 Å². The van der Waals surface area contributed by atoms with Gasteiger partial charge >= 0.3 is 0 Å². The number of benzene rings is 1. The summed E-state index contributed by atoms with van der Waals surface area (Å²) in [4.78, 5) is 2.14. The van der Waals surface area contributed by atoms with Gasteiger partial charge in [-0.25, -0.2) is 4.39 Å². The number of hydrogen-bond donors (Lipinski definition) is 1. The topological polar surface area (TPSA) is 29.3 Å². The minimum Gasteiger partial charge on any atom is -0.329 e. The number of nitrogens with two attached hydrogens (primary N) is 1. The van der Waals surface area contributed by atoms with Gasteiger partial charge in [0, 0.05) is 19.1 Å². The maximum atomic E-state index is 12.9. The fourth-order valence-electron chi connectivity index (χ4n) is 1.94. The van der Waals surface area contributed by atoms with Gasteiger partial charge < -0.3 is 5.73 Å². The van der Waals surface area contributed by atoms with E-state index in [-0.39, 0.29) is 11.9 Å². The fraction of sp³-hybridized carbons (Fsp3) is 0.400. The van der Waals surface area contributed by atoms with Gasteiger partial charge in [0.25, 0.3) is 0 Å². The second-order valence-corrected chi connectivity index (χ2v) is 3.51. The van der Waals surface area contributed by atoms with Crippen LogP contribution in [0.4, 0.5) is 4.39 Å². The van der Waals surface area contributed by atoms with E-state index in [1.807, 2.05) is 13.1 Å². The van der Waals surface area contributed by atoms with Gasteiger partial charge in [0.05, 0.1) is 0 Å². The highest BCUT2D eigenvalue weighted by molar-refractivity contribution is 5.34. The van der Waals surface area contributed by atoms with Crippen LogP contribution in [0.1, 0.15) is 17.2 Å². The van der Waals surface area contributed by atoms with Crippen LogP contribution in [0.5, 0.6) is 0 Å². The van der Waals surface area contributed by atoms with Gasteiger partial charge in [-0.2, -0.15) is 0 Å². The van der Waals surface area contributed by atoms with Crippen LogP contribution < -0.4 is 5.73 Å². The Balaban J connectivity index is 2.44. The summed E-state index contributed by atoms with van der Waals surface area (Å²) in [6, 6.07) is 5.13. The van der Waals surface area contributed by atoms with Crippen molar-refractivity contribution in [3.05, 3.63) is 35.1 Å². The fourth-order valence-corrected chi connectivity index (χ4v) is 1.94. The molecule has 0 fully saturated rings. The Hall–Kier alpha value is -0.930. The summed E-state index contributed by atoms with van der Waals surface area (Å²) in [5.74, 6) is -0.174. The van der Waals surface area contributed by atoms with E-state index < -0.39 is 0 Å². The Morgan fingerprint density at radius 3 is 3.08 bits per heavy atom. The van der Waals surface area contributed by atoms with Crippen molar-refractivity contribution in [1.29, 1.82) is 0 Å². The molecule has 1 unspecified atom stereocenters. The molecule has 70 valence electrons. The second kappa shape index (κ2) is 3.09. The van der Waals surface area contributed by atoms with Crippen LogP contribution in [-0.4, -0.2) is 18.5 Å². The lowest BCUT2D eigenvalue weighted by Crippen LogP contribution is -2.23. The van der Waals surface area contributed by atoms with E-state index in [1.165, 1.54) is 11.6 Å². The normalized spacial score (nSPS) is 21.9. The monoisotopic (exact) mass is 180 g/mol. The molecular weight excluding hydrogens is 167 g/mol. The summed E-state index contributed by atoms with van der Waals surface area (Å²) in [5.41, 5.74) is 7.87. The van der Waals surface area contributed by atoms with Crippen LogP contribution >= 0.6 is 0 Å². The Morgan fingerprint density at radius 2 is 2.38 bits per heavy atom. The number of rotatable bonds is 1. The third kappa shape index (κ3) is 1.34. The van der Waals surface area contributed by atoms with Crippen molar-refractivity contribution in [2.75, 3.05) is 13.6 Å². The highest BCUT2D eigenvalue weighted by Gasteiger charge is 2.26. The zero-order chi connectivity index (χ0) is 9.42. The van der Waals surface area contributed by atoms with Crippen molar-refractivity contribution < 1.29 is 4.39 Å². The van der Waals surface area contributed by atoms with Crippen molar-refractivity contribution >= 4 is 0 Å². The first-order valence-corrected chi connectivity index (χ1v) is 4.41. The standard InChI is InChI=1S/C10H13FN2/c1-13-6-7-2-3-8(11)4-9(7)10(13)5-12/h2-4,10H,5-6,12H2,1H3. The smallest absolute Gasteiger partial charge is 0.123 e. The minimum atomic E-state index is -0.174. The molecule has 0 bridgehead atoms. The summed E-state index contributed by atoms with van der Waals surface area (Å²) in [5, 5.41) is 0. The summed E-state index contributed by atoms with van der Waals surface area (Å²) in [7, 11) is 2.01. The van der Waals surface area contributed by atoms with Crippen molar-refractivity contribution in [2.45, 2.75) is 12.6 Å². The van der Waals surface area contributed by atoms with E-state index >= 15 is 0 Å². The maximum Gasteiger partial charge on any atom is 0.123 e. The molecule has 0 aromatic heterocycles. The lowest BCUT2D eigenvalue weighted by atomic mass is 10.1. The van der Waals surface area contributed by atoms with Gasteiger partial charge in [-0.3, -0.25) is 4.90 Å². The molecule has 0 spiro atoms. The van der Waals surface area contributed by atoms with Crippen LogP contribution in [0.15, 0.2) is 18.2 Å². The molecule has 3 heteroatoms. The van der Waals surface area contributed by atoms with Gasteiger partial charge in [0.15, 0.2) is 0 Å². The lowest BCUT2D eigenvalue weighted by Gasteiger charge is -2.17. The third-order valence-corrected chi connectivity index (χ3v) is 2.64.